The topological polar surface area (TPSA) is 26.0 Å². The fourth-order valence-corrected chi connectivity index (χ4v) is 3.25. The van der Waals surface area contributed by atoms with E-state index in [-0.39, 0.29) is 5.25 Å². The predicted octanol–water partition coefficient (Wildman–Crippen LogP) is 3.82. The number of hydrogen-bond donors (Lipinski definition) is 1. The molecule has 90 valence electrons. The molecular formula is C12H11F2NS2. The van der Waals surface area contributed by atoms with Crippen molar-refractivity contribution in [1.29, 1.82) is 0 Å². The van der Waals surface area contributed by atoms with Gasteiger partial charge in [0, 0.05) is 16.7 Å². The lowest BCUT2D eigenvalue weighted by atomic mass is 10.2. The van der Waals surface area contributed by atoms with E-state index in [9.17, 15) is 8.78 Å². The fourth-order valence-electron chi connectivity index (χ4n) is 1.42. The molecule has 5 heteroatoms. The predicted molar refractivity (Wildman–Crippen MR) is 68.3 cm³/mol. The summed E-state index contributed by atoms with van der Waals surface area (Å²) in [6.45, 7) is 0.459. The van der Waals surface area contributed by atoms with Crippen LogP contribution in [0, 0.1) is 11.6 Å². The van der Waals surface area contributed by atoms with Gasteiger partial charge < -0.3 is 5.73 Å². The van der Waals surface area contributed by atoms with Crippen LogP contribution in [-0.2, 0) is 0 Å². The smallest absolute Gasteiger partial charge is 0.159 e. The summed E-state index contributed by atoms with van der Waals surface area (Å²) in [7, 11) is 0. The molecule has 0 aliphatic carbocycles. The maximum Gasteiger partial charge on any atom is 0.159 e. The van der Waals surface area contributed by atoms with Gasteiger partial charge in [0.1, 0.15) is 0 Å². The number of thioether (sulfide) groups is 1. The standard InChI is InChI=1S/C12H11F2NS2/c13-10-2-1-9(5-11(10)14)17-12(6-15)8-3-4-16-7-8/h1-5,7,12H,6,15H2. The Bertz CT molecular complexity index is 485. The number of benzene rings is 1. The number of nitrogens with two attached hydrogens (primary N) is 1. The molecule has 1 heterocycles. The van der Waals surface area contributed by atoms with Gasteiger partial charge in [0.15, 0.2) is 11.6 Å². The zero-order valence-corrected chi connectivity index (χ0v) is 10.5. The molecule has 0 saturated carbocycles. The van der Waals surface area contributed by atoms with E-state index >= 15 is 0 Å². The average Bonchev–Trinajstić information content (AvgIpc) is 2.84. The highest BCUT2D eigenvalue weighted by molar-refractivity contribution is 7.99. The highest BCUT2D eigenvalue weighted by Gasteiger charge is 2.13. The molecule has 0 bridgehead atoms. The fraction of sp³-hybridized carbons (Fsp3) is 0.167. The Morgan fingerprint density at radius 1 is 1.24 bits per heavy atom. The lowest BCUT2D eigenvalue weighted by Crippen LogP contribution is -2.08. The van der Waals surface area contributed by atoms with Crippen LogP contribution in [0.4, 0.5) is 8.78 Å². The molecule has 1 aromatic heterocycles. The Morgan fingerprint density at radius 3 is 2.65 bits per heavy atom. The molecule has 0 aliphatic rings. The van der Waals surface area contributed by atoms with Crippen molar-refractivity contribution in [2.75, 3.05) is 6.54 Å². The van der Waals surface area contributed by atoms with Crippen LogP contribution in [0.2, 0.25) is 0 Å². The largest absolute Gasteiger partial charge is 0.329 e. The van der Waals surface area contributed by atoms with Gasteiger partial charge in [-0.25, -0.2) is 8.78 Å². The Kier molecular flexibility index (Phi) is 4.15. The molecule has 0 spiro atoms. The molecular weight excluding hydrogens is 260 g/mol. The lowest BCUT2D eigenvalue weighted by Gasteiger charge is -2.13. The molecule has 0 radical (unpaired) electrons. The van der Waals surface area contributed by atoms with Crippen molar-refractivity contribution in [3.8, 4) is 0 Å². The first-order valence-electron chi connectivity index (χ1n) is 5.04. The summed E-state index contributed by atoms with van der Waals surface area (Å²) >= 11 is 3.04. The van der Waals surface area contributed by atoms with Gasteiger partial charge in [-0.15, -0.1) is 11.8 Å². The van der Waals surface area contributed by atoms with Gasteiger partial charge in [-0.1, -0.05) is 0 Å². The van der Waals surface area contributed by atoms with Crippen LogP contribution in [0.15, 0.2) is 39.9 Å². The third-order valence-electron chi connectivity index (χ3n) is 2.30. The van der Waals surface area contributed by atoms with Gasteiger partial charge >= 0.3 is 0 Å². The van der Waals surface area contributed by atoms with E-state index in [2.05, 4.69) is 0 Å². The second-order valence-corrected chi connectivity index (χ2v) is 5.53. The molecule has 1 nitrogen and oxygen atoms in total. The van der Waals surface area contributed by atoms with E-state index in [0.29, 0.717) is 11.4 Å². The van der Waals surface area contributed by atoms with Crippen molar-refractivity contribution in [3.63, 3.8) is 0 Å². The molecule has 17 heavy (non-hydrogen) atoms. The zero-order chi connectivity index (χ0) is 12.3. The molecule has 0 fully saturated rings. The molecule has 0 aliphatic heterocycles. The quantitative estimate of drug-likeness (QED) is 0.856. The van der Waals surface area contributed by atoms with Gasteiger partial charge in [-0.05, 0) is 40.6 Å². The summed E-state index contributed by atoms with van der Waals surface area (Å²) in [5.41, 5.74) is 6.81. The highest BCUT2D eigenvalue weighted by atomic mass is 32.2. The van der Waals surface area contributed by atoms with E-state index in [4.69, 9.17) is 5.73 Å². The third kappa shape index (κ3) is 3.06. The van der Waals surface area contributed by atoms with Gasteiger partial charge in [0.25, 0.3) is 0 Å². The van der Waals surface area contributed by atoms with Crippen LogP contribution < -0.4 is 5.73 Å². The Morgan fingerprint density at radius 2 is 2.06 bits per heavy atom. The molecule has 2 N–H and O–H groups in total. The number of thiophene rings is 1. The molecule has 1 aromatic carbocycles. The maximum absolute atomic E-state index is 13.1. The second-order valence-electron chi connectivity index (χ2n) is 3.47. The van der Waals surface area contributed by atoms with Gasteiger partial charge in [-0.2, -0.15) is 11.3 Å². The summed E-state index contributed by atoms with van der Waals surface area (Å²) in [6.07, 6.45) is 0. The van der Waals surface area contributed by atoms with Crippen LogP contribution in [0.5, 0.6) is 0 Å². The zero-order valence-electron chi connectivity index (χ0n) is 8.90. The van der Waals surface area contributed by atoms with Crippen molar-refractivity contribution in [3.05, 3.63) is 52.2 Å². The van der Waals surface area contributed by atoms with Crippen molar-refractivity contribution in [2.45, 2.75) is 10.1 Å². The minimum absolute atomic E-state index is 0.0751. The molecule has 2 aromatic rings. The van der Waals surface area contributed by atoms with Gasteiger partial charge in [0.05, 0.1) is 0 Å². The summed E-state index contributed by atoms with van der Waals surface area (Å²) in [4.78, 5) is 0.686. The second kappa shape index (κ2) is 5.62. The molecule has 0 amide bonds. The van der Waals surface area contributed by atoms with Crippen molar-refractivity contribution in [1.82, 2.24) is 0 Å². The molecule has 0 saturated heterocycles. The first kappa shape index (κ1) is 12.5. The summed E-state index contributed by atoms with van der Waals surface area (Å²) in [6, 6.07) is 5.90. The molecule has 2 rings (SSSR count). The Hall–Kier alpha value is -0.910. The van der Waals surface area contributed by atoms with Crippen LogP contribution in [-0.4, -0.2) is 6.54 Å². The SMILES string of the molecule is NCC(Sc1ccc(F)c(F)c1)c1ccsc1. The van der Waals surface area contributed by atoms with Crippen LogP contribution in [0.3, 0.4) is 0 Å². The first-order valence-corrected chi connectivity index (χ1v) is 6.87. The third-order valence-corrected chi connectivity index (χ3v) is 4.28. The van der Waals surface area contributed by atoms with E-state index in [1.807, 2.05) is 16.8 Å². The lowest BCUT2D eigenvalue weighted by molar-refractivity contribution is 0.506. The Labute approximate surface area is 107 Å². The van der Waals surface area contributed by atoms with Crippen molar-refractivity contribution in [2.24, 2.45) is 5.73 Å². The average molecular weight is 271 g/mol. The van der Waals surface area contributed by atoms with E-state index in [1.165, 1.54) is 17.8 Å². The van der Waals surface area contributed by atoms with E-state index in [1.54, 1.807) is 17.4 Å². The van der Waals surface area contributed by atoms with Crippen LogP contribution in [0.25, 0.3) is 0 Å². The number of hydrogen-bond acceptors (Lipinski definition) is 3. The van der Waals surface area contributed by atoms with E-state index in [0.717, 1.165) is 11.6 Å². The first-order chi connectivity index (χ1) is 8.20. The highest BCUT2D eigenvalue weighted by Crippen LogP contribution is 2.35. The van der Waals surface area contributed by atoms with Crippen LogP contribution in [0.1, 0.15) is 10.8 Å². The van der Waals surface area contributed by atoms with E-state index < -0.39 is 11.6 Å². The van der Waals surface area contributed by atoms with Crippen LogP contribution >= 0.6 is 23.1 Å². The monoisotopic (exact) mass is 271 g/mol. The summed E-state index contributed by atoms with van der Waals surface area (Å²) < 4.78 is 25.8. The van der Waals surface area contributed by atoms with Gasteiger partial charge in [0.2, 0.25) is 0 Å². The Balaban J connectivity index is 2.16. The van der Waals surface area contributed by atoms with Gasteiger partial charge in [-0.3, -0.25) is 0 Å². The molecule has 1 unspecified atom stereocenters. The number of rotatable bonds is 4. The summed E-state index contributed by atoms with van der Waals surface area (Å²) in [5.74, 6) is -1.65. The normalized spacial score (nSPS) is 12.6. The maximum atomic E-state index is 13.1. The van der Waals surface area contributed by atoms with Crippen molar-refractivity contribution >= 4 is 23.1 Å². The minimum Gasteiger partial charge on any atom is -0.329 e. The molecule has 1 atom stereocenters. The number of halogens is 2. The minimum atomic E-state index is -0.825. The van der Waals surface area contributed by atoms with Crippen molar-refractivity contribution < 1.29 is 8.78 Å². The summed E-state index contributed by atoms with van der Waals surface area (Å²) in [5, 5.41) is 4.07.